The Balaban J connectivity index is 3.63. The summed E-state index contributed by atoms with van der Waals surface area (Å²) in [7, 11) is 0. The lowest BCUT2D eigenvalue weighted by molar-refractivity contribution is -0.387. The van der Waals surface area contributed by atoms with Gasteiger partial charge >= 0.3 is 11.7 Å². The number of nitrogens with zero attached hydrogens (tertiary/aromatic N) is 1. The molecule has 0 aliphatic carbocycles. The molecule has 0 unspecified atom stereocenters. The van der Waals surface area contributed by atoms with Crippen molar-refractivity contribution in [1.82, 2.24) is 0 Å². The van der Waals surface area contributed by atoms with Crippen LogP contribution in [-0.2, 0) is 0 Å². The monoisotopic (exact) mass is 218 g/mol. The van der Waals surface area contributed by atoms with Crippen molar-refractivity contribution in [2.75, 3.05) is 5.73 Å². The van der Waals surface area contributed by atoms with Gasteiger partial charge in [-0.3, -0.25) is 10.1 Å². The van der Waals surface area contributed by atoms with Gasteiger partial charge in [0.1, 0.15) is 5.56 Å². The first-order valence-electron chi connectivity index (χ1n) is 3.51. The highest BCUT2D eigenvalue weighted by Crippen LogP contribution is 2.27. The fourth-order valence-electron chi connectivity index (χ4n) is 0.963. The van der Waals surface area contributed by atoms with E-state index in [1.807, 2.05) is 0 Å². The zero-order valence-corrected chi connectivity index (χ0v) is 7.03. The summed E-state index contributed by atoms with van der Waals surface area (Å²) in [6, 6.07) is 0.428. The molecule has 0 heterocycles. The van der Waals surface area contributed by atoms with Crippen LogP contribution >= 0.6 is 0 Å². The third-order valence-corrected chi connectivity index (χ3v) is 1.62. The molecule has 0 saturated heterocycles. The Morgan fingerprint density at radius 2 is 2.00 bits per heavy atom. The molecule has 0 aliphatic rings. The molecule has 0 fully saturated rings. The number of anilines is 1. The Labute approximate surface area is 81.1 Å². The minimum absolute atomic E-state index is 0.428. The SMILES string of the molecule is Nc1cc([N+](=O)[O-])c(F)c(C(=O)O)c1F. The second kappa shape index (κ2) is 3.48. The lowest BCUT2D eigenvalue weighted by Crippen LogP contribution is -2.10. The number of aromatic carboxylic acids is 1. The molecule has 0 saturated carbocycles. The van der Waals surface area contributed by atoms with E-state index in [1.54, 1.807) is 0 Å². The summed E-state index contributed by atoms with van der Waals surface area (Å²) in [6.45, 7) is 0. The van der Waals surface area contributed by atoms with Gasteiger partial charge in [-0.05, 0) is 0 Å². The average Bonchev–Trinajstić information content (AvgIpc) is 2.10. The van der Waals surface area contributed by atoms with E-state index >= 15 is 0 Å². The summed E-state index contributed by atoms with van der Waals surface area (Å²) in [5.41, 5.74) is 1.56. The number of carboxylic acids is 1. The molecule has 80 valence electrons. The van der Waals surface area contributed by atoms with E-state index < -0.39 is 39.5 Å². The van der Waals surface area contributed by atoms with Gasteiger partial charge in [-0.1, -0.05) is 0 Å². The highest BCUT2D eigenvalue weighted by atomic mass is 19.1. The van der Waals surface area contributed by atoms with Crippen molar-refractivity contribution >= 4 is 17.3 Å². The number of halogens is 2. The molecule has 15 heavy (non-hydrogen) atoms. The van der Waals surface area contributed by atoms with Gasteiger partial charge in [0.2, 0.25) is 5.82 Å². The summed E-state index contributed by atoms with van der Waals surface area (Å²) >= 11 is 0. The Morgan fingerprint density at radius 1 is 1.47 bits per heavy atom. The van der Waals surface area contributed by atoms with Crippen molar-refractivity contribution in [2.24, 2.45) is 0 Å². The van der Waals surface area contributed by atoms with E-state index in [0.29, 0.717) is 6.07 Å². The summed E-state index contributed by atoms with van der Waals surface area (Å²) in [4.78, 5) is 19.5. The van der Waals surface area contributed by atoms with E-state index in [1.165, 1.54) is 0 Å². The normalized spacial score (nSPS) is 10.0. The number of carbonyl (C=O) groups is 1. The Hall–Kier alpha value is -2.25. The van der Waals surface area contributed by atoms with Crippen LogP contribution in [0.1, 0.15) is 10.4 Å². The predicted molar refractivity (Wildman–Crippen MR) is 44.4 cm³/mol. The van der Waals surface area contributed by atoms with Crippen LogP contribution in [0.3, 0.4) is 0 Å². The van der Waals surface area contributed by atoms with Crippen molar-refractivity contribution in [3.8, 4) is 0 Å². The minimum Gasteiger partial charge on any atom is -0.477 e. The van der Waals surface area contributed by atoms with Crippen LogP contribution in [0.4, 0.5) is 20.2 Å². The van der Waals surface area contributed by atoms with E-state index in [-0.39, 0.29) is 0 Å². The quantitative estimate of drug-likeness (QED) is 0.440. The molecule has 0 atom stereocenters. The Morgan fingerprint density at radius 3 is 2.40 bits per heavy atom. The molecule has 3 N–H and O–H groups in total. The number of nitro benzene ring substituents is 1. The molecule has 0 aromatic heterocycles. The van der Waals surface area contributed by atoms with Gasteiger partial charge in [0.15, 0.2) is 5.82 Å². The summed E-state index contributed by atoms with van der Waals surface area (Å²) < 4.78 is 26.1. The number of rotatable bonds is 2. The highest BCUT2D eigenvalue weighted by molar-refractivity contribution is 5.90. The van der Waals surface area contributed by atoms with Crippen LogP contribution in [0.2, 0.25) is 0 Å². The molecule has 0 amide bonds. The predicted octanol–water partition coefficient (Wildman–Crippen LogP) is 1.15. The average molecular weight is 218 g/mol. The molecule has 0 aliphatic heterocycles. The number of nitro groups is 1. The van der Waals surface area contributed by atoms with Gasteiger partial charge in [0, 0.05) is 6.07 Å². The molecule has 6 nitrogen and oxygen atoms in total. The van der Waals surface area contributed by atoms with Crippen molar-refractivity contribution in [3.63, 3.8) is 0 Å². The van der Waals surface area contributed by atoms with Gasteiger partial charge < -0.3 is 10.8 Å². The minimum atomic E-state index is -1.96. The van der Waals surface area contributed by atoms with Crippen LogP contribution in [0.15, 0.2) is 6.07 Å². The topological polar surface area (TPSA) is 106 Å². The summed E-state index contributed by atoms with van der Waals surface area (Å²) in [6.07, 6.45) is 0. The zero-order chi connectivity index (χ0) is 11.7. The van der Waals surface area contributed by atoms with E-state index in [4.69, 9.17) is 10.8 Å². The molecule has 1 rings (SSSR count). The largest absolute Gasteiger partial charge is 0.477 e. The van der Waals surface area contributed by atoms with Crippen molar-refractivity contribution < 1.29 is 23.6 Å². The highest BCUT2D eigenvalue weighted by Gasteiger charge is 2.28. The van der Waals surface area contributed by atoms with Crippen molar-refractivity contribution in [1.29, 1.82) is 0 Å². The third kappa shape index (κ3) is 1.68. The number of hydrogen-bond donors (Lipinski definition) is 2. The van der Waals surface area contributed by atoms with Crippen molar-refractivity contribution in [3.05, 3.63) is 33.4 Å². The van der Waals surface area contributed by atoms with E-state index in [2.05, 4.69) is 0 Å². The maximum absolute atomic E-state index is 13.1. The van der Waals surface area contributed by atoms with Crippen LogP contribution in [0, 0.1) is 21.7 Å². The van der Waals surface area contributed by atoms with Gasteiger partial charge in [-0.15, -0.1) is 0 Å². The molecule has 8 heteroatoms. The zero-order valence-electron chi connectivity index (χ0n) is 7.03. The second-order valence-corrected chi connectivity index (χ2v) is 2.55. The van der Waals surface area contributed by atoms with Gasteiger partial charge in [0.05, 0.1) is 10.6 Å². The van der Waals surface area contributed by atoms with Crippen LogP contribution in [-0.4, -0.2) is 16.0 Å². The summed E-state index contributed by atoms with van der Waals surface area (Å²) in [5.74, 6) is -5.23. The fourth-order valence-corrected chi connectivity index (χ4v) is 0.963. The Kier molecular flexibility index (Phi) is 2.51. The third-order valence-electron chi connectivity index (χ3n) is 1.62. The molecule has 0 bridgehead atoms. The molecular formula is C7H4F2N2O4. The van der Waals surface area contributed by atoms with Gasteiger partial charge in [0.25, 0.3) is 0 Å². The fraction of sp³-hybridized carbons (Fsp3) is 0. The van der Waals surface area contributed by atoms with Gasteiger partial charge in [-0.2, -0.15) is 4.39 Å². The number of carboxylic acid groups (broad SMARTS) is 1. The number of nitrogen functional groups attached to an aromatic ring is 1. The maximum atomic E-state index is 13.1. The first kappa shape index (κ1) is 10.8. The van der Waals surface area contributed by atoms with E-state index in [0.717, 1.165) is 0 Å². The first-order chi connectivity index (χ1) is 6.86. The van der Waals surface area contributed by atoms with Crippen LogP contribution < -0.4 is 5.73 Å². The summed E-state index contributed by atoms with van der Waals surface area (Å²) in [5, 5.41) is 18.7. The molecule has 0 radical (unpaired) electrons. The number of hydrogen-bond acceptors (Lipinski definition) is 4. The second-order valence-electron chi connectivity index (χ2n) is 2.55. The number of benzene rings is 1. The lowest BCUT2D eigenvalue weighted by Gasteiger charge is -2.03. The van der Waals surface area contributed by atoms with Crippen LogP contribution in [0.25, 0.3) is 0 Å². The molecular weight excluding hydrogens is 214 g/mol. The maximum Gasteiger partial charge on any atom is 0.342 e. The van der Waals surface area contributed by atoms with E-state index in [9.17, 15) is 23.7 Å². The first-order valence-corrected chi connectivity index (χ1v) is 3.51. The Bertz CT molecular complexity index is 461. The van der Waals surface area contributed by atoms with Crippen LogP contribution in [0.5, 0.6) is 0 Å². The number of nitrogens with two attached hydrogens (primary N) is 1. The molecule has 0 spiro atoms. The molecule has 1 aromatic carbocycles. The smallest absolute Gasteiger partial charge is 0.342 e. The lowest BCUT2D eigenvalue weighted by atomic mass is 10.1. The standard InChI is InChI=1S/C7H4F2N2O4/c8-5-2(10)1-3(11(14)15)6(9)4(5)7(12)13/h1H,10H2,(H,12,13). The van der Waals surface area contributed by atoms with Crippen molar-refractivity contribution in [2.45, 2.75) is 0 Å². The molecule has 1 aromatic rings. The van der Waals surface area contributed by atoms with Gasteiger partial charge in [-0.25, -0.2) is 9.18 Å².